The second-order valence-corrected chi connectivity index (χ2v) is 6.16. The predicted octanol–water partition coefficient (Wildman–Crippen LogP) is 1.49. The Morgan fingerprint density at radius 1 is 1.25 bits per heavy atom. The summed E-state index contributed by atoms with van der Waals surface area (Å²) in [4.78, 5) is 16.2. The van der Waals surface area contributed by atoms with Gasteiger partial charge in [-0.05, 0) is 25.6 Å². The average molecular weight is 329 g/mol. The molecule has 0 bridgehead atoms. The Morgan fingerprint density at radius 3 is 2.67 bits per heavy atom. The molecule has 0 aliphatic heterocycles. The number of hydrogen-bond donors (Lipinski definition) is 1. The Hall–Kier alpha value is -2.34. The molecule has 6 heteroatoms. The lowest BCUT2D eigenvalue weighted by Crippen LogP contribution is -2.36. The largest absolute Gasteiger partial charge is 0.375 e. The first kappa shape index (κ1) is 18.0. The third kappa shape index (κ3) is 6.04. The van der Waals surface area contributed by atoms with Crippen LogP contribution in [0, 0.1) is 0 Å². The molecular formula is C18H27N5O. The lowest BCUT2D eigenvalue weighted by Gasteiger charge is -2.19. The molecule has 2 aromatic rings. The van der Waals surface area contributed by atoms with Crippen LogP contribution in [-0.4, -0.2) is 54.3 Å². The van der Waals surface area contributed by atoms with Gasteiger partial charge in [0.2, 0.25) is 5.91 Å². The van der Waals surface area contributed by atoms with Gasteiger partial charge in [-0.15, -0.1) is 0 Å². The van der Waals surface area contributed by atoms with Crippen molar-refractivity contribution < 1.29 is 4.79 Å². The molecule has 1 heterocycles. The van der Waals surface area contributed by atoms with Crippen molar-refractivity contribution in [3.05, 3.63) is 48.3 Å². The highest BCUT2D eigenvalue weighted by molar-refractivity contribution is 5.77. The number of nitrogens with zero attached hydrogens (tertiary/aromatic N) is 4. The number of para-hydroxylation sites is 1. The predicted molar refractivity (Wildman–Crippen MR) is 96.9 cm³/mol. The Labute approximate surface area is 144 Å². The fourth-order valence-corrected chi connectivity index (χ4v) is 2.58. The molecule has 0 aliphatic rings. The first-order chi connectivity index (χ1) is 11.5. The highest BCUT2D eigenvalue weighted by Crippen LogP contribution is 2.10. The lowest BCUT2D eigenvalue weighted by atomic mass is 10.3. The first-order valence-corrected chi connectivity index (χ1v) is 8.23. The summed E-state index contributed by atoms with van der Waals surface area (Å²) in [6.45, 7) is 2.72. The van der Waals surface area contributed by atoms with Crippen molar-refractivity contribution >= 4 is 11.6 Å². The average Bonchev–Trinajstić information content (AvgIpc) is 2.96. The number of hydrogen-bond acceptors (Lipinski definition) is 4. The summed E-state index contributed by atoms with van der Waals surface area (Å²) in [5.41, 5.74) is 2.30. The van der Waals surface area contributed by atoms with E-state index in [1.165, 1.54) is 5.69 Å². The van der Waals surface area contributed by atoms with E-state index in [2.05, 4.69) is 34.5 Å². The van der Waals surface area contributed by atoms with E-state index in [4.69, 9.17) is 0 Å². The SMILES string of the molecule is CN(CC(=O)NCCCN(C)c1ccccc1)Cc1cnn(C)c1. The quantitative estimate of drug-likeness (QED) is 0.708. The standard InChI is InChI=1S/C18H27N5O/c1-21(13-16-12-20-23(3)14-16)15-18(24)19-10-7-11-22(2)17-8-5-4-6-9-17/h4-6,8-9,12,14H,7,10-11,13,15H2,1-3H3,(H,19,24). The molecule has 0 saturated carbocycles. The molecule has 6 nitrogen and oxygen atoms in total. The summed E-state index contributed by atoms with van der Waals surface area (Å²) in [5, 5.41) is 7.12. The Bertz CT molecular complexity index is 625. The van der Waals surface area contributed by atoms with E-state index >= 15 is 0 Å². The maximum Gasteiger partial charge on any atom is 0.234 e. The molecule has 1 amide bonds. The zero-order valence-electron chi connectivity index (χ0n) is 14.8. The molecule has 1 N–H and O–H groups in total. The molecule has 1 aromatic carbocycles. The highest BCUT2D eigenvalue weighted by atomic mass is 16.2. The van der Waals surface area contributed by atoms with Crippen LogP contribution in [0.25, 0.3) is 0 Å². The zero-order chi connectivity index (χ0) is 17.4. The minimum absolute atomic E-state index is 0.0590. The van der Waals surface area contributed by atoms with Gasteiger partial charge in [-0.2, -0.15) is 5.10 Å². The number of nitrogens with one attached hydrogen (secondary N) is 1. The van der Waals surface area contributed by atoms with E-state index in [0.29, 0.717) is 13.1 Å². The van der Waals surface area contributed by atoms with Crippen LogP contribution >= 0.6 is 0 Å². The van der Waals surface area contributed by atoms with Crippen LogP contribution in [0.3, 0.4) is 0 Å². The molecule has 0 fully saturated rings. The van der Waals surface area contributed by atoms with Gasteiger partial charge in [0.1, 0.15) is 0 Å². The molecule has 130 valence electrons. The molecular weight excluding hydrogens is 302 g/mol. The fourth-order valence-electron chi connectivity index (χ4n) is 2.58. The molecule has 0 saturated heterocycles. The van der Waals surface area contributed by atoms with Gasteiger partial charge < -0.3 is 10.2 Å². The number of aryl methyl sites for hydroxylation is 1. The van der Waals surface area contributed by atoms with E-state index < -0.39 is 0 Å². The molecule has 0 unspecified atom stereocenters. The van der Waals surface area contributed by atoms with Gasteiger partial charge in [-0.25, -0.2) is 0 Å². The summed E-state index contributed by atoms with van der Waals surface area (Å²) in [6.07, 6.45) is 4.71. The van der Waals surface area contributed by atoms with E-state index in [0.717, 1.165) is 25.1 Å². The number of carbonyl (C=O) groups excluding carboxylic acids is 1. The first-order valence-electron chi connectivity index (χ1n) is 8.23. The maximum absolute atomic E-state index is 12.0. The molecule has 0 radical (unpaired) electrons. The van der Waals surface area contributed by atoms with Gasteiger partial charge in [0.15, 0.2) is 0 Å². The molecule has 0 atom stereocenters. The summed E-state index contributed by atoms with van der Waals surface area (Å²) >= 11 is 0. The van der Waals surface area contributed by atoms with Crippen LogP contribution in [0.2, 0.25) is 0 Å². The van der Waals surface area contributed by atoms with Crippen LogP contribution in [0.1, 0.15) is 12.0 Å². The minimum atomic E-state index is 0.0590. The number of carbonyl (C=O) groups is 1. The second-order valence-electron chi connectivity index (χ2n) is 6.16. The summed E-state index contributed by atoms with van der Waals surface area (Å²) in [7, 11) is 5.90. The normalized spacial score (nSPS) is 10.8. The van der Waals surface area contributed by atoms with Gasteiger partial charge in [-0.3, -0.25) is 14.4 Å². The number of anilines is 1. The van der Waals surface area contributed by atoms with Crippen LogP contribution < -0.4 is 10.2 Å². The van der Waals surface area contributed by atoms with Crippen molar-refractivity contribution in [2.75, 3.05) is 38.6 Å². The van der Waals surface area contributed by atoms with E-state index in [-0.39, 0.29) is 5.91 Å². The second kappa shape index (κ2) is 9.08. The maximum atomic E-state index is 12.0. The number of amides is 1. The van der Waals surface area contributed by atoms with Crippen molar-refractivity contribution in [3.63, 3.8) is 0 Å². The van der Waals surface area contributed by atoms with Gasteiger partial charge in [-0.1, -0.05) is 18.2 Å². The van der Waals surface area contributed by atoms with E-state index in [9.17, 15) is 4.79 Å². The molecule has 0 aliphatic carbocycles. The van der Waals surface area contributed by atoms with Gasteiger partial charge in [0.25, 0.3) is 0 Å². The van der Waals surface area contributed by atoms with Crippen molar-refractivity contribution in [2.24, 2.45) is 7.05 Å². The fraction of sp³-hybridized carbons (Fsp3) is 0.444. The Kier molecular flexibility index (Phi) is 6.81. The lowest BCUT2D eigenvalue weighted by molar-refractivity contribution is -0.122. The van der Waals surface area contributed by atoms with Crippen molar-refractivity contribution in [3.8, 4) is 0 Å². The number of rotatable bonds is 9. The number of likely N-dealkylation sites (N-methyl/N-ethyl adjacent to an activating group) is 1. The number of aromatic nitrogens is 2. The third-order valence-electron chi connectivity index (χ3n) is 3.81. The summed E-state index contributed by atoms with van der Waals surface area (Å²) in [6, 6.07) is 10.3. The minimum Gasteiger partial charge on any atom is -0.375 e. The van der Waals surface area contributed by atoms with E-state index in [1.807, 2.05) is 49.6 Å². The van der Waals surface area contributed by atoms with Crippen molar-refractivity contribution in [1.29, 1.82) is 0 Å². The third-order valence-corrected chi connectivity index (χ3v) is 3.81. The number of benzene rings is 1. The van der Waals surface area contributed by atoms with Gasteiger partial charge in [0, 0.05) is 51.2 Å². The smallest absolute Gasteiger partial charge is 0.234 e. The molecule has 0 spiro atoms. The van der Waals surface area contributed by atoms with Crippen LogP contribution in [0.15, 0.2) is 42.7 Å². The highest BCUT2D eigenvalue weighted by Gasteiger charge is 2.08. The van der Waals surface area contributed by atoms with Gasteiger partial charge >= 0.3 is 0 Å². The summed E-state index contributed by atoms with van der Waals surface area (Å²) < 4.78 is 1.77. The molecule has 1 aromatic heterocycles. The Morgan fingerprint density at radius 2 is 2.00 bits per heavy atom. The van der Waals surface area contributed by atoms with Crippen LogP contribution in [-0.2, 0) is 18.4 Å². The van der Waals surface area contributed by atoms with Crippen molar-refractivity contribution in [2.45, 2.75) is 13.0 Å². The zero-order valence-corrected chi connectivity index (χ0v) is 14.8. The van der Waals surface area contributed by atoms with Gasteiger partial charge in [0.05, 0.1) is 12.7 Å². The summed E-state index contributed by atoms with van der Waals surface area (Å²) in [5.74, 6) is 0.0590. The monoisotopic (exact) mass is 329 g/mol. The molecule has 24 heavy (non-hydrogen) atoms. The van der Waals surface area contributed by atoms with Crippen molar-refractivity contribution in [1.82, 2.24) is 20.0 Å². The van der Waals surface area contributed by atoms with Crippen LogP contribution in [0.4, 0.5) is 5.69 Å². The topological polar surface area (TPSA) is 53.4 Å². The van der Waals surface area contributed by atoms with E-state index in [1.54, 1.807) is 4.68 Å². The molecule has 2 rings (SSSR count). The Balaban J connectivity index is 1.61. The van der Waals surface area contributed by atoms with Crippen LogP contribution in [0.5, 0.6) is 0 Å².